The Kier molecular flexibility index (Phi) is 5.97. The summed E-state index contributed by atoms with van der Waals surface area (Å²) in [6.45, 7) is 8.67. The van der Waals surface area contributed by atoms with E-state index in [1.165, 1.54) is 11.1 Å². The lowest BCUT2D eigenvalue weighted by Crippen LogP contribution is -1.89. The zero-order valence-corrected chi connectivity index (χ0v) is 16.3. The van der Waals surface area contributed by atoms with Gasteiger partial charge >= 0.3 is 0 Å². The summed E-state index contributed by atoms with van der Waals surface area (Å²) in [6, 6.07) is 18.2. The molecule has 0 aliphatic carbocycles. The fourth-order valence-electron chi connectivity index (χ4n) is 2.91. The first kappa shape index (κ1) is 18.8. The molecule has 3 rings (SSSR count). The van der Waals surface area contributed by atoms with Crippen molar-refractivity contribution in [2.24, 2.45) is 9.98 Å². The molecule has 27 heavy (non-hydrogen) atoms. The van der Waals surface area contributed by atoms with E-state index in [0.717, 1.165) is 22.8 Å². The highest BCUT2D eigenvalue weighted by molar-refractivity contribution is 5.85. The van der Waals surface area contributed by atoms with E-state index < -0.39 is 0 Å². The fraction of sp³-hybridized carbons (Fsp3) is 0.261. The van der Waals surface area contributed by atoms with Gasteiger partial charge < -0.3 is 10.2 Å². The summed E-state index contributed by atoms with van der Waals surface area (Å²) < 4.78 is 0. The Labute approximate surface area is 161 Å². The first-order chi connectivity index (χ1) is 13.0. The molecule has 0 saturated carbocycles. The molecule has 0 bridgehead atoms. The summed E-state index contributed by atoms with van der Waals surface area (Å²) in [6.07, 6.45) is 3.52. The second-order valence-corrected chi connectivity index (χ2v) is 7.14. The largest absolute Gasteiger partial charge is 0.574 e. The summed E-state index contributed by atoms with van der Waals surface area (Å²) in [4.78, 5) is 9.19. The smallest absolute Gasteiger partial charge is 0.0665 e. The molecular weight excluding hydrogens is 332 g/mol. The van der Waals surface area contributed by atoms with Crippen molar-refractivity contribution in [2.45, 2.75) is 39.5 Å². The van der Waals surface area contributed by atoms with Crippen molar-refractivity contribution >= 4 is 23.8 Å². The minimum atomic E-state index is 0.424. The molecule has 0 fully saturated rings. The Morgan fingerprint density at radius 3 is 1.85 bits per heavy atom. The maximum atomic E-state index is 4.59. The first-order valence-electron chi connectivity index (χ1n) is 9.31. The topological polar surface area (TPSA) is 51.7 Å². The number of aliphatic imine (C=N–C) groups is 2. The summed E-state index contributed by atoms with van der Waals surface area (Å²) in [5.74, 6) is 0.848. The zero-order valence-electron chi connectivity index (χ0n) is 16.3. The van der Waals surface area contributed by atoms with Gasteiger partial charge in [-0.05, 0) is 41.2 Å². The van der Waals surface area contributed by atoms with Crippen LogP contribution in [0.15, 0.2) is 64.6 Å². The average Bonchev–Trinajstić information content (AvgIpc) is 3.13. The third-order valence-electron chi connectivity index (χ3n) is 4.37. The summed E-state index contributed by atoms with van der Waals surface area (Å²) in [5, 5.41) is 8.37. The molecule has 0 aliphatic rings. The minimum Gasteiger partial charge on any atom is -0.574 e. The van der Waals surface area contributed by atoms with Crippen LogP contribution in [-0.4, -0.2) is 17.5 Å². The molecule has 0 aliphatic heterocycles. The zero-order chi connectivity index (χ0) is 19.2. The van der Waals surface area contributed by atoms with Gasteiger partial charge in [0.15, 0.2) is 0 Å². The minimum absolute atomic E-state index is 0.424. The Bertz CT molecular complexity index is 872. The van der Waals surface area contributed by atoms with Crippen LogP contribution in [0.4, 0.5) is 11.4 Å². The molecule has 0 unspecified atom stereocenters. The monoisotopic (exact) mass is 357 g/mol. The molecule has 4 heteroatoms. The summed E-state index contributed by atoms with van der Waals surface area (Å²) >= 11 is 0. The quantitative estimate of drug-likeness (QED) is 0.525. The van der Waals surface area contributed by atoms with Gasteiger partial charge in [-0.1, -0.05) is 64.1 Å². The van der Waals surface area contributed by atoms with Crippen molar-refractivity contribution in [1.29, 1.82) is 0 Å². The van der Waals surface area contributed by atoms with E-state index >= 15 is 0 Å². The van der Waals surface area contributed by atoms with Crippen LogP contribution < -0.4 is 5.10 Å². The van der Waals surface area contributed by atoms with E-state index in [1.807, 2.05) is 42.5 Å². The van der Waals surface area contributed by atoms with Gasteiger partial charge in [0, 0.05) is 6.21 Å². The van der Waals surface area contributed by atoms with E-state index in [-0.39, 0.29) is 0 Å². The number of aromatic nitrogens is 2. The van der Waals surface area contributed by atoms with Gasteiger partial charge in [-0.25, -0.2) is 0 Å². The molecule has 4 nitrogen and oxygen atoms in total. The lowest BCUT2D eigenvalue weighted by atomic mass is 10.0. The molecular formula is C23H25N4-. The van der Waals surface area contributed by atoms with Gasteiger partial charge in [-0.3, -0.25) is 9.98 Å². The van der Waals surface area contributed by atoms with Crippen molar-refractivity contribution in [1.82, 2.24) is 10.2 Å². The Balaban J connectivity index is 1.76. The molecule has 0 atom stereocenters. The van der Waals surface area contributed by atoms with Crippen molar-refractivity contribution in [3.63, 3.8) is 0 Å². The van der Waals surface area contributed by atoms with E-state index in [9.17, 15) is 0 Å². The molecule has 0 amide bonds. The van der Waals surface area contributed by atoms with Crippen LogP contribution in [0.3, 0.4) is 0 Å². The highest BCUT2D eigenvalue weighted by Gasteiger charge is 2.04. The highest BCUT2D eigenvalue weighted by atomic mass is 15.1. The van der Waals surface area contributed by atoms with E-state index in [4.69, 9.17) is 0 Å². The van der Waals surface area contributed by atoms with Crippen LogP contribution in [0.2, 0.25) is 0 Å². The Hall–Kier alpha value is -3.01. The van der Waals surface area contributed by atoms with Gasteiger partial charge in [-0.2, -0.15) is 0 Å². The Morgan fingerprint density at radius 2 is 1.30 bits per heavy atom. The van der Waals surface area contributed by atoms with Crippen LogP contribution in [0.5, 0.6) is 0 Å². The lowest BCUT2D eigenvalue weighted by molar-refractivity contribution is 0.867. The number of hydrogen-bond acceptors (Lipinski definition) is 3. The summed E-state index contributed by atoms with van der Waals surface area (Å²) in [7, 11) is 0. The molecule has 2 aromatic carbocycles. The number of rotatable bonds is 6. The van der Waals surface area contributed by atoms with Crippen molar-refractivity contribution in [3.05, 3.63) is 77.1 Å². The maximum Gasteiger partial charge on any atom is 0.0665 e. The Morgan fingerprint density at radius 1 is 0.778 bits per heavy atom. The molecule has 138 valence electrons. The maximum absolute atomic E-state index is 4.59. The first-order valence-corrected chi connectivity index (χ1v) is 9.31. The fourth-order valence-corrected chi connectivity index (χ4v) is 2.91. The normalized spacial score (nSPS) is 12.1. The predicted molar refractivity (Wildman–Crippen MR) is 113 cm³/mol. The van der Waals surface area contributed by atoms with Gasteiger partial charge in [0.05, 0.1) is 23.3 Å². The van der Waals surface area contributed by atoms with Crippen LogP contribution in [0.25, 0.3) is 0 Å². The molecule has 0 spiro atoms. The van der Waals surface area contributed by atoms with Crippen molar-refractivity contribution < 1.29 is 0 Å². The average molecular weight is 357 g/mol. The van der Waals surface area contributed by atoms with Gasteiger partial charge in [0.25, 0.3) is 0 Å². The van der Waals surface area contributed by atoms with Crippen LogP contribution >= 0.6 is 0 Å². The number of nitrogens with zero attached hydrogens (tertiary/aromatic N) is 4. The highest BCUT2D eigenvalue weighted by Crippen LogP contribution is 2.27. The molecule has 3 aromatic rings. The van der Waals surface area contributed by atoms with Crippen LogP contribution in [0.1, 0.15) is 62.0 Å². The van der Waals surface area contributed by atoms with Crippen molar-refractivity contribution in [2.75, 3.05) is 0 Å². The third kappa shape index (κ3) is 4.79. The molecule has 0 saturated heterocycles. The van der Waals surface area contributed by atoms with Gasteiger partial charge in [-0.15, -0.1) is 5.69 Å². The van der Waals surface area contributed by atoms with E-state index in [0.29, 0.717) is 11.8 Å². The molecule has 0 radical (unpaired) electrons. The SMILES string of the molecule is CC(C)c1ccccc1N=Cc1cc(C=Nc2ccccc2C(C)C)[n-]n1. The molecule has 1 aromatic heterocycles. The lowest BCUT2D eigenvalue weighted by Gasteiger charge is -2.08. The second-order valence-electron chi connectivity index (χ2n) is 7.14. The van der Waals surface area contributed by atoms with E-state index in [1.54, 1.807) is 12.4 Å². The number of para-hydroxylation sites is 2. The van der Waals surface area contributed by atoms with E-state index in [2.05, 4.69) is 60.0 Å². The molecule has 0 N–H and O–H groups in total. The predicted octanol–water partition coefficient (Wildman–Crippen LogP) is 5.79. The van der Waals surface area contributed by atoms with Crippen LogP contribution in [-0.2, 0) is 0 Å². The summed E-state index contributed by atoms with van der Waals surface area (Å²) in [5.41, 5.74) is 5.84. The van der Waals surface area contributed by atoms with Crippen molar-refractivity contribution in [3.8, 4) is 0 Å². The van der Waals surface area contributed by atoms with Gasteiger partial charge in [0.1, 0.15) is 0 Å². The van der Waals surface area contributed by atoms with Gasteiger partial charge in [0.2, 0.25) is 0 Å². The standard InChI is InChI=1S/C23H25N4/c1-16(2)20-9-5-7-11-22(20)24-14-18-13-19(27-26-18)15-25-23-12-8-6-10-21(23)17(3)4/h5-17H,1-4H3/q-1. The second kappa shape index (κ2) is 8.58. The molecule has 1 heterocycles. The number of hydrogen-bond donors (Lipinski definition) is 0. The third-order valence-corrected chi connectivity index (χ3v) is 4.37. The van der Waals surface area contributed by atoms with Crippen LogP contribution in [0, 0.1) is 0 Å². The number of benzene rings is 2.